The predicted molar refractivity (Wildman–Crippen MR) is 61.1 cm³/mol. The maximum atomic E-state index is 11.6. The SMILES string of the molecule is CP(C)CC1CC(C(C)(C)C)C(=O)O1. The quantitative estimate of drug-likeness (QED) is 0.524. The molecule has 1 heterocycles. The lowest BCUT2D eigenvalue weighted by molar-refractivity contribution is -0.146. The van der Waals surface area contributed by atoms with Crippen LogP contribution < -0.4 is 0 Å². The number of carbonyl (C=O) groups is 1. The molecule has 0 saturated carbocycles. The highest BCUT2D eigenvalue weighted by Crippen LogP contribution is 2.39. The van der Waals surface area contributed by atoms with Crippen molar-refractivity contribution in [1.29, 1.82) is 0 Å². The van der Waals surface area contributed by atoms with Gasteiger partial charge >= 0.3 is 5.97 Å². The van der Waals surface area contributed by atoms with Gasteiger partial charge in [-0.2, -0.15) is 0 Å². The molecule has 0 spiro atoms. The van der Waals surface area contributed by atoms with Crippen molar-refractivity contribution in [3.8, 4) is 0 Å². The second-order valence-electron chi connectivity index (χ2n) is 5.48. The summed E-state index contributed by atoms with van der Waals surface area (Å²) in [4.78, 5) is 11.6. The minimum Gasteiger partial charge on any atom is -0.462 e. The van der Waals surface area contributed by atoms with E-state index in [-0.39, 0.29) is 31.3 Å². The van der Waals surface area contributed by atoms with Gasteiger partial charge in [0.25, 0.3) is 0 Å². The number of hydrogen-bond donors (Lipinski definition) is 0. The van der Waals surface area contributed by atoms with Crippen LogP contribution in [0.4, 0.5) is 0 Å². The molecule has 1 saturated heterocycles. The fourth-order valence-corrected chi connectivity index (χ4v) is 2.92. The molecule has 0 radical (unpaired) electrons. The van der Waals surface area contributed by atoms with Crippen LogP contribution >= 0.6 is 7.92 Å². The summed E-state index contributed by atoms with van der Waals surface area (Å²) in [7, 11) is 0.0373. The van der Waals surface area contributed by atoms with E-state index in [4.69, 9.17) is 4.74 Å². The number of cyclic esters (lactones) is 1. The van der Waals surface area contributed by atoms with E-state index in [0.29, 0.717) is 0 Å². The monoisotopic (exact) mass is 216 g/mol. The van der Waals surface area contributed by atoms with Gasteiger partial charge in [0.05, 0.1) is 5.92 Å². The lowest BCUT2D eigenvalue weighted by Gasteiger charge is -2.22. The summed E-state index contributed by atoms with van der Waals surface area (Å²) in [6, 6.07) is 0. The van der Waals surface area contributed by atoms with Crippen LogP contribution in [0.1, 0.15) is 27.2 Å². The van der Waals surface area contributed by atoms with Crippen molar-refractivity contribution < 1.29 is 9.53 Å². The van der Waals surface area contributed by atoms with Crippen LogP contribution in [0.25, 0.3) is 0 Å². The Morgan fingerprint density at radius 2 is 2.00 bits per heavy atom. The van der Waals surface area contributed by atoms with Crippen LogP contribution in [-0.4, -0.2) is 31.6 Å². The third-order valence-electron chi connectivity index (χ3n) is 2.68. The molecule has 1 fully saturated rings. The maximum Gasteiger partial charge on any atom is 0.309 e. The highest BCUT2D eigenvalue weighted by molar-refractivity contribution is 7.56. The summed E-state index contributed by atoms with van der Waals surface area (Å²) >= 11 is 0. The van der Waals surface area contributed by atoms with Crippen molar-refractivity contribution >= 4 is 13.9 Å². The first-order valence-corrected chi connectivity index (χ1v) is 7.58. The van der Waals surface area contributed by atoms with Gasteiger partial charge in [-0.15, -0.1) is 7.92 Å². The Morgan fingerprint density at radius 3 is 2.36 bits per heavy atom. The molecule has 3 heteroatoms. The van der Waals surface area contributed by atoms with Crippen molar-refractivity contribution in [2.45, 2.75) is 33.3 Å². The summed E-state index contributed by atoms with van der Waals surface area (Å²) in [6.07, 6.45) is 2.17. The molecule has 0 bridgehead atoms. The lowest BCUT2D eigenvalue weighted by atomic mass is 9.79. The van der Waals surface area contributed by atoms with Gasteiger partial charge in [0.1, 0.15) is 6.10 Å². The molecule has 1 aliphatic heterocycles. The summed E-state index contributed by atoms with van der Waals surface area (Å²) in [5, 5.41) is 0. The predicted octanol–water partition coefficient (Wildman–Crippen LogP) is 2.71. The van der Waals surface area contributed by atoms with Gasteiger partial charge in [-0.1, -0.05) is 20.8 Å². The molecule has 1 rings (SSSR count). The molecule has 2 unspecified atom stereocenters. The fraction of sp³-hybridized carbons (Fsp3) is 0.909. The van der Waals surface area contributed by atoms with Gasteiger partial charge in [0.2, 0.25) is 0 Å². The average Bonchev–Trinajstić information content (AvgIpc) is 2.27. The van der Waals surface area contributed by atoms with Crippen LogP contribution in [0.15, 0.2) is 0 Å². The summed E-state index contributed by atoms with van der Waals surface area (Å²) in [5.74, 6) is 0.113. The molecule has 0 aromatic heterocycles. The molecule has 0 N–H and O–H groups in total. The topological polar surface area (TPSA) is 26.3 Å². The van der Waals surface area contributed by atoms with E-state index in [1.165, 1.54) is 0 Å². The number of esters is 1. The van der Waals surface area contributed by atoms with Crippen molar-refractivity contribution in [3.63, 3.8) is 0 Å². The van der Waals surface area contributed by atoms with Gasteiger partial charge < -0.3 is 4.74 Å². The number of rotatable bonds is 2. The number of carbonyl (C=O) groups excluding carboxylic acids is 1. The Hall–Kier alpha value is -0.100. The Balaban J connectivity index is 2.56. The van der Waals surface area contributed by atoms with Crippen LogP contribution in [0.2, 0.25) is 0 Å². The molecule has 2 atom stereocenters. The van der Waals surface area contributed by atoms with Crippen LogP contribution in [-0.2, 0) is 9.53 Å². The maximum absolute atomic E-state index is 11.6. The largest absolute Gasteiger partial charge is 0.462 e. The van der Waals surface area contributed by atoms with Crippen molar-refractivity contribution in [2.24, 2.45) is 11.3 Å². The van der Waals surface area contributed by atoms with Crippen molar-refractivity contribution in [3.05, 3.63) is 0 Å². The van der Waals surface area contributed by atoms with E-state index >= 15 is 0 Å². The van der Waals surface area contributed by atoms with E-state index in [2.05, 4.69) is 34.1 Å². The molecule has 82 valence electrons. The van der Waals surface area contributed by atoms with Crippen LogP contribution in [0.5, 0.6) is 0 Å². The molecule has 0 aliphatic carbocycles. The summed E-state index contributed by atoms with van der Waals surface area (Å²) in [6.45, 7) is 10.8. The Bertz CT molecular complexity index is 218. The summed E-state index contributed by atoms with van der Waals surface area (Å²) in [5.41, 5.74) is 0.0517. The Labute approximate surface area is 88.2 Å². The molecule has 1 aliphatic rings. The first kappa shape index (κ1) is 12.0. The van der Waals surface area contributed by atoms with E-state index in [9.17, 15) is 4.79 Å². The lowest BCUT2D eigenvalue weighted by Crippen LogP contribution is -2.24. The molecule has 2 nitrogen and oxygen atoms in total. The highest BCUT2D eigenvalue weighted by Gasteiger charge is 2.41. The van der Waals surface area contributed by atoms with Gasteiger partial charge in [0, 0.05) is 6.16 Å². The zero-order valence-corrected chi connectivity index (χ0v) is 10.7. The van der Waals surface area contributed by atoms with E-state index in [0.717, 1.165) is 12.6 Å². The first-order valence-electron chi connectivity index (χ1n) is 5.16. The zero-order valence-electron chi connectivity index (χ0n) is 9.83. The van der Waals surface area contributed by atoms with E-state index in [1.807, 2.05) is 0 Å². The van der Waals surface area contributed by atoms with Gasteiger partial charge in [0.15, 0.2) is 0 Å². The molecular formula is C11H21O2P. The van der Waals surface area contributed by atoms with Gasteiger partial charge in [-0.3, -0.25) is 4.79 Å². The second-order valence-corrected chi connectivity index (χ2v) is 8.00. The summed E-state index contributed by atoms with van der Waals surface area (Å²) < 4.78 is 5.39. The third kappa shape index (κ3) is 2.95. The number of ether oxygens (including phenoxy) is 1. The molecule has 14 heavy (non-hydrogen) atoms. The highest BCUT2D eigenvalue weighted by atomic mass is 31.1. The minimum atomic E-state index is 0.0133. The van der Waals surface area contributed by atoms with Crippen molar-refractivity contribution in [2.75, 3.05) is 19.5 Å². The molecule has 0 aromatic rings. The molecule has 0 amide bonds. The minimum absolute atomic E-state index is 0.0133. The Kier molecular flexibility index (Phi) is 3.58. The van der Waals surface area contributed by atoms with Crippen molar-refractivity contribution in [1.82, 2.24) is 0 Å². The number of hydrogen-bond acceptors (Lipinski definition) is 2. The fourth-order valence-electron chi connectivity index (χ4n) is 1.88. The standard InChI is InChI=1S/C11H21O2P/c1-11(2,3)9-6-8(7-14(4)5)13-10(9)12/h8-9H,6-7H2,1-5H3. The Morgan fingerprint density at radius 1 is 1.43 bits per heavy atom. The zero-order chi connectivity index (χ0) is 10.9. The van der Waals surface area contributed by atoms with Crippen LogP contribution in [0, 0.1) is 11.3 Å². The second kappa shape index (κ2) is 4.18. The smallest absolute Gasteiger partial charge is 0.309 e. The first-order chi connectivity index (χ1) is 6.30. The van der Waals surface area contributed by atoms with E-state index < -0.39 is 0 Å². The molecular weight excluding hydrogens is 195 g/mol. The van der Waals surface area contributed by atoms with Crippen LogP contribution in [0.3, 0.4) is 0 Å². The average molecular weight is 216 g/mol. The molecule has 0 aromatic carbocycles. The van der Waals surface area contributed by atoms with Gasteiger partial charge in [-0.05, 0) is 25.2 Å². The normalized spacial score (nSPS) is 28.3. The van der Waals surface area contributed by atoms with Gasteiger partial charge in [-0.25, -0.2) is 0 Å². The van der Waals surface area contributed by atoms with E-state index in [1.54, 1.807) is 0 Å². The third-order valence-corrected chi connectivity index (χ3v) is 3.82.